The molecule has 0 fully saturated rings. The number of carboxylic acids is 3. The molecule has 0 aliphatic rings. The van der Waals surface area contributed by atoms with E-state index in [2.05, 4.69) is 0 Å². The van der Waals surface area contributed by atoms with Gasteiger partial charge in [0.25, 0.3) is 0 Å². The highest BCUT2D eigenvalue weighted by Crippen LogP contribution is 2.09. The van der Waals surface area contributed by atoms with Crippen molar-refractivity contribution < 1.29 is 34.5 Å². The molecular formula is C12H21N3O7. The topological polar surface area (TPSA) is 179 Å². The molecule has 7 N–H and O–H groups in total. The van der Waals surface area contributed by atoms with Crippen LogP contribution in [0.1, 0.15) is 39.0 Å². The van der Waals surface area contributed by atoms with E-state index in [9.17, 15) is 19.2 Å². The fraction of sp³-hybridized carbons (Fsp3) is 0.667. The van der Waals surface area contributed by atoms with Crippen LogP contribution in [0.3, 0.4) is 0 Å². The van der Waals surface area contributed by atoms with Crippen molar-refractivity contribution in [2.45, 2.75) is 50.7 Å². The van der Waals surface area contributed by atoms with E-state index in [-0.39, 0.29) is 12.8 Å². The number of urea groups is 1. The fourth-order valence-corrected chi connectivity index (χ4v) is 1.60. The average molecular weight is 319 g/mol. The van der Waals surface area contributed by atoms with E-state index < -0.39 is 42.1 Å². The number of carbonyl (C=O) groups excluding carboxylic acids is 1. The molecule has 0 aromatic carbocycles. The lowest BCUT2D eigenvalue weighted by Gasteiger charge is -2.26. The molecule has 0 saturated carbocycles. The van der Waals surface area contributed by atoms with Gasteiger partial charge in [0.15, 0.2) is 5.66 Å². The van der Waals surface area contributed by atoms with Crippen molar-refractivity contribution in [1.29, 1.82) is 0 Å². The zero-order valence-electron chi connectivity index (χ0n) is 12.2. The number of hydrogen-bond donors (Lipinski definition) is 6. The largest absolute Gasteiger partial charge is 0.481 e. The Morgan fingerprint density at radius 2 is 1.77 bits per heavy atom. The van der Waals surface area contributed by atoms with Crippen LogP contribution in [0.5, 0.6) is 0 Å². The second kappa shape index (κ2) is 8.82. The predicted octanol–water partition coefficient (Wildman–Crippen LogP) is -0.467. The number of carboxylic acid groups (broad SMARTS) is 3. The summed E-state index contributed by atoms with van der Waals surface area (Å²) in [5.41, 5.74) is 3.57. The summed E-state index contributed by atoms with van der Waals surface area (Å²) in [6, 6.07) is -2.54. The number of carbonyl (C=O) groups is 4. The van der Waals surface area contributed by atoms with Crippen LogP contribution in [0.2, 0.25) is 0 Å². The number of nitrogens with one attached hydrogen (secondary N) is 2. The van der Waals surface area contributed by atoms with Gasteiger partial charge in [-0.1, -0.05) is 13.3 Å². The average Bonchev–Trinajstić information content (AvgIpc) is 2.40. The third kappa shape index (κ3) is 6.88. The summed E-state index contributed by atoms with van der Waals surface area (Å²) in [5, 5.41) is 30.5. The van der Waals surface area contributed by atoms with Gasteiger partial charge in [-0.05, 0) is 19.3 Å². The van der Waals surface area contributed by atoms with Crippen LogP contribution in [-0.4, -0.2) is 51.0 Å². The molecule has 126 valence electrons. The van der Waals surface area contributed by atoms with Crippen molar-refractivity contribution in [3.63, 3.8) is 0 Å². The van der Waals surface area contributed by atoms with E-state index in [0.717, 1.165) is 0 Å². The summed E-state index contributed by atoms with van der Waals surface area (Å²) in [5.74, 6) is -4.09. The molecular weight excluding hydrogens is 298 g/mol. The van der Waals surface area contributed by atoms with Gasteiger partial charge in [0, 0.05) is 6.42 Å². The van der Waals surface area contributed by atoms with Crippen LogP contribution in [0.4, 0.5) is 4.79 Å². The van der Waals surface area contributed by atoms with Crippen molar-refractivity contribution in [2.24, 2.45) is 5.73 Å². The molecule has 0 aliphatic carbocycles. The van der Waals surface area contributed by atoms with E-state index in [1.54, 1.807) is 0 Å². The molecule has 0 radical (unpaired) electrons. The molecule has 0 heterocycles. The van der Waals surface area contributed by atoms with Crippen molar-refractivity contribution in [3.8, 4) is 0 Å². The summed E-state index contributed by atoms with van der Waals surface area (Å²) in [7, 11) is 0. The molecule has 0 bridgehead atoms. The number of aliphatic carboxylic acids is 3. The Labute approximate surface area is 126 Å². The van der Waals surface area contributed by atoms with E-state index >= 15 is 0 Å². The minimum atomic E-state index is -2.02. The van der Waals surface area contributed by atoms with Crippen LogP contribution < -0.4 is 16.4 Å². The normalized spacial score (nSPS) is 14.5. The van der Waals surface area contributed by atoms with Crippen LogP contribution in [0.15, 0.2) is 0 Å². The number of amides is 2. The lowest BCUT2D eigenvalue weighted by molar-refractivity contribution is -0.144. The first-order valence-corrected chi connectivity index (χ1v) is 6.68. The van der Waals surface area contributed by atoms with Crippen molar-refractivity contribution in [2.75, 3.05) is 0 Å². The molecule has 0 rings (SSSR count). The third-order valence-corrected chi connectivity index (χ3v) is 2.89. The molecule has 2 amide bonds. The lowest BCUT2D eigenvalue weighted by Crippen LogP contribution is -2.64. The zero-order chi connectivity index (χ0) is 17.3. The maximum atomic E-state index is 11.7. The lowest BCUT2D eigenvalue weighted by atomic mass is 10.0. The van der Waals surface area contributed by atoms with Gasteiger partial charge in [-0.25, -0.2) is 14.4 Å². The number of hydrogen-bond acceptors (Lipinski definition) is 5. The summed E-state index contributed by atoms with van der Waals surface area (Å²) in [6.07, 6.45) is 0.285. The van der Waals surface area contributed by atoms with Crippen LogP contribution in [0.25, 0.3) is 0 Å². The van der Waals surface area contributed by atoms with E-state index in [4.69, 9.17) is 21.1 Å². The monoisotopic (exact) mass is 319 g/mol. The Hall–Kier alpha value is -2.36. The SMILES string of the molecule is CCCCC(N)(NC(=O)N[C@@H](CCC(=O)O)C(=O)O)C(=O)O. The predicted molar refractivity (Wildman–Crippen MR) is 74.0 cm³/mol. The highest BCUT2D eigenvalue weighted by Gasteiger charge is 2.36. The zero-order valence-corrected chi connectivity index (χ0v) is 12.2. The molecule has 0 aromatic heterocycles. The van der Waals surface area contributed by atoms with Gasteiger partial charge in [0.1, 0.15) is 6.04 Å². The van der Waals surface area contributed by atoms with E-state index in [1.165, 1.54) is 0 Å². The van der Waals surface area contributed by atoms with Gasteiger partial charge >= 0.3 is 23.9 Å². The van der Waals surface area contributed by atoms with Gasteiger partial charge < -0.3 is 26.0 Å². The standard InChI is InChI=1S/C12H21N3O7/c1-2-3-6-12(13,10(20)21)15-11(22)14-7(9(18)19)4-5-8(16)17/h7H,2-6,13H2,1H3,(H,16,17)(H,18,19)(H,20,21)(H2,14,15,22)/t7-,12?/m0/s1. The second-order valence-corrected chi connectivity index (χ2v) is 4.80. The van der Waals surface area contributed by atoms with Crippen molar-refractivity contribution in [3.05, 3.63) is 0 Å². The Bertz CT molecular complexity index is 440. The maximum absolute atomic E-state index is 11.7. The molecule has 0 saturated heterocycles. The van der Waals surface area contributed by atoms with Crippen LogP contribution in [-0.2, 0) is 14.4 Å². The minimum absolute atomic E-state index is 0.0287. The number of nitrogens with two attached hydrogens (primary N) is 1. The van der Waals surface area contributed by atoms with Gasteiger partial charge in [0.2, 0.25) is 0 Å². The Balaban J connectivity index is 4.74. The van der Waals surface area contributed by atoms with Gasteiger partial charge in [0.05, 0.1) is 0 Å². The molecule has 10 heteroatoms. The third-order valence-electron chi connectivity index (χ3n) is 2.89. The smallest absolute Gasteiger partial charge is 0.344 e. The van der Waals surface area contributed by atoms with E-state index in [1.807, 2.05) is 17.6 Å². The first-order chi connectivity index (χ1) is 10.1. The Morgan fingerprint density at radius 3 is 2.18 bits per heavy atom. The van der Waals surface area contributed by atoms with Crippen molar-refractivity contribution >= 4 is 23.9 Å². The highest BCUT2D eigenvalue weighted by molar-refractivity contribution is 5.88. The molecule has 2 atom stereocenters. The Morgan fingerprint density at radius 1 is 1.18 bits per heavy atom. The molecule has 0 aliphatic heterocycles. The molecule has 0 aromatic rings. The minimum Gasteiger partial charge on any atom is -0.481 e. The van der Waals surface area contributed by atoms with Gasteiger partial charge in [-0.3, -0.25) is 10.5 Å². The Kier molecular flexibility index (Phi) is 7.88. The van der Waals surface area contributed by atoms with Crippen molar-refractivity contribution in [1.82, 2.24) is 10.6 Å². The number of rotatable bonds is 10. The van der Waals surface area contributed by atoms with Crippen LogP contribution in [0, 0.1) is 0 Å². The first kappa shape index (κ1) is 19.6. The summed E-state index contributed by atoms with van der Waals surface area (Å²) in [4.78, 5) is 44.2. The fourth-order valence-electron chi connectivity index (χ4n) is 1.60. The molecule has 10 nitrogen and oxygen atoms in total. The maximum Gasteiger partial charge on any atom is 0.344 e. The van der Waals surface area contributed by atoms with Crippen LogP contribution >= 0.6 is 0 Å². The second-order valence-electron chi connectivity index (χ2n) is 4.80. The summed E-state index contributed by atoms with van der Waals surface area (Å²) < 4.78 is 0. The molecule has 22 heavy (non-hydrogen) atoms. The summed E-state index contributed by atoms with van der Waals surface area (Å²) in [6.45, 7) is 1.81. The first-order valence-electron chi connectivity index (χ1n) is 6.68. The van der Waals surface area contributed by atoms with Gasteiger partial charge in [-0.15, -0.1) is 0 Å². The highest BCUT2D eigenvalue weighted by atomic mass is 16.4. The van der Waals surface area contributed by atoms with Gasteiger partial charge in [-0.2, -0.15) is 0 Å². The molecule has 0 spiro atoms. The number of unbranched alkanes of at least 4 members (excludes halogenated alkanes) is 1. The quantitative estimate of drug-likeness (QED) is 0.292. The summed E-state index contributed by atoms with van der Waals surface area (Å²) >= 11 is 0. The molecule has 1 unspecified atom stereocenters. The van der Waals surface area contributed by atoms with E-state index in [0.29, 0.717) is 12.8 Å².